The minimum absolute atomic E-state index is 0.0831. The van der Waals surface area contributed by atoms with Crippen LogP contribution in [-0.4, -0.2) is 5.11 Å². The van der Waals surface area contributed by atoms with E-state index in [0.29, 0.717) is 18.4 Å². The van der Waals surface area contributed by atoms with Crippen molar-refractivity contribution in [2.45, 2.75) is 31.8 Å². The molecule has 1 N–H and O–H groups in total. The lowest BCUT2D eigenvalue weighted by Crippen LogP contribution is -2.05. The summed E-state index contributed by atoms with van der Waals surface area (Å²) < 4.78 is 27.4. The van der Waals surface area contributed by atoms with Gasteiger partial charge >= 0.3 is 0 Å². The number of hydrogen-bond donors (Lipinski definition) is 1. The molecule has 1 atom stereocenters. The highest BCUT2D eigenvalue weighted by atomic mass is 79.9. The molecule has 0 unspecified atom stereocenters. The Hall–Kier alpha value is -0.480. The van der Waals surface area contributed by atoms with Crippen LogP contribution in [0.25, 0.3) is 0 Å². The zero-order valence-corrected chi connectivity index (χ0v) is 9.65. The highest BCUT2D eigenvalue weighted by Crippen LogP contribution is 2.35. The number of aliphatic hydroxyl groups excluding tert-OH is 1. The second-order valence-electron chi connectivity index (χ2n) is 3.81. The van der Waals surface area contributed by atoms with Gasteiger partial charge in [-0.1, -0.05) is 6.42 Å². The third-order valence-electron chi connectivity index (χ3n) is 2.80. The van der Waals surface area contributed by atoms with Gasteiger partial charge in [0.1, 0.15) is 11.6 Å². The Morgan fingerprint density at radius 2 is 2.07 bits per heavy atom. The number of rotatable bonds is 0. The maximum absolute atomic E-state index is 13.7. The van der Waals surface area contributed by atoms with Crippen LogP contribution < -0.4 is 0 Å². The van der Waals surface area contributed by atoms with Crippen molar-refractivity contribution < 1.29 is 13.9 Å². The van der Waals surface area contributed by atoms with Crippen molar-refractivity contribution in [3.63, 3.8) is 0 Å². The third-order valence-corrected chi connectivity index (χ3v) is 3.38. The lowest BCUT2D eigenvalue weighted by atomic mass is 10.00. The molecule has 1 aromatic rings. The summed E-state index contributed by atoms with van der Waals surface area (Å²) in [4.78, 5) is 0. The van der Waals surface area contributed by atoms with Gasteiger partial charge in [-0.05, 0) is 46.8 Å². The summed E-state index contributed by atoms with van der Waals surface area (Å²) in [6, 6.07) is 1.13. The molecule has 0 aromatic heterocycles. The maximum Gasteiger partial charge on any atom is 0.143 e. The van der Waals surface area contributed by atoms with E-state index in [1.807, 2.05) is 0 Å². The predicted octanol–water partition coefficient (Wildman–Crippen LogP) is 3.49. The number of aliphatic hydroxyl groups is 1. The van der Waals surface area contributed by atoms with E-state index in [1.54, 1.807) is 0 Å². The number of fused-ring (bicyclic) bond motifs is 1. The molecule has 0 fully saturated rings. The van der Waals surface area contributed by atoms with Crippen molar-refractivity contribution in [1.29, 1.82) is 0 Å². The van der Waals surface area contributed by atoms with Crippen LogP contribution in [0.3, 0.4) is 0 Å². The van der Waals surface area contributed by atoms with Gasteiger partial charge in [-0.3, -0.25) is 0 Å². The first kappa shape index (κ1) is 11.0. The van der Waals surface area contributed by atoms with E-state index in [2.05, 4.69) is 15.9 Å². The molecule has 1 nitrogen and oxygen atoms in total. The lowest BCUT2D eigenvalue weighted by molar-refractivity contribution is 0.161. The molecular weight excluding hydrogens is 266 g/mol. The van der Waals surface area contributed by atoms with Crippen molar-refractivity contribution >= 4 is 15.9 Å². The molecule has 4 heteroatoms. The average Bonchev–Trinajstić information content (AvgIpc) is 2.37. The maximum atomic E-state index is 13.7. The van der Waals surface area contributed by atoms with Gasteiger partial charge in [0.25, 0.3) is 0 Å². The zero-order valence-electron chi connectivity index (χ0n) is 8.06. The monoisotopic (exact) mass is 276 g/mol. The molecule has 1 aromatic carbocycles. The van der Waals surface area contributed by atoms with Gasteiger partial charge in [0.15, 0.2) is 0 Å². The standard InChI is InChI=1S/C11H11BrF2O/c12-7-5-8(13)6-3-1-2-4-9(15)10(6)11(7)14/h5,9,15H,1-4H2/t9-/m1/s1. The Morgan fingerprint density at radius 3 is 2.80 bits per heavy atom. The predicted molar refractivity (Wildman–Crippen MR) is 56.6 cm³/mol. The molecule has 82 valence electrons. The van der Waals surface area contributed by atoms with Crippen molar-refractivity contribution in [3.8, 4) is 0 Å². The van der Waals surface area contributed by atoms with Crippen LogP contribution in [-0.2, 0) is 6.42 Å². The van der Waals surface area contributed by atoms with Crippen molar-refractivity contribution in [2.75, 3.05) is 0 Å². The van der Waals surface area contributed by atoms with E-state index in [4.69, 9.17) is 0 Å². The zero-order chi connectivity index (χ0) is 11.0. The molecule has 0 amide bonds. The largest absolute Gasteiger partial charge is 0.388 e. The fourth-order valence-corrected chi connectivity index (χ4v) is 2.45. The minimum atomic E-state index is -0.880. The van der Waals surface area contributed by atoms with Crippen molar-refractivity contribution in [3.05, 3.63) is 33.3 Å². The van der Waals surface area contributed by atoms with Crippen LogP contribution in [0.4, 0.5) is 8.78 Å². The Balaban J connectivity index is 2.63. The van der Waals surface area contributed by atoms with E-state index in [1.165, 1.54) is 0 Å². The van der Waals surface area contributed by atoms with Crippen molar-refractivity contribution in [2.24, 2.45) is 0 Å². The Labute approximate surface area is 95.2 Å². The summed E-state index contributed by atoms with van der Waals surface area (Å²) in [5.41, 5.74) is 0.472. The van der Waals surface area contributed by atoms with Gasteiger partial charge in [-0.2, -0.15) is 0 Å². The van der Waals surface area contributed by atoms with Gasteiger partial charge in [0, 0.05) is 5.56 Å². The number of hydrogen-bond acceptors (Lipinski definition) is 1. The third kappa shape index (κ3) is 1.93. The second kappa shape index (κ2) is 4.18. The number of halogens is 3. The van der Waals surface area contributed by atoms with E-state index < -0.39 is 17.7 Å². The molecule has 2 rings (SSSR count). The summed E-state index contributed by atoms with van der Waals surface area (Å²) in [5.74, 6) is -0.958. The van der Waals surface area contributed by atoms with Crippen LogP contribution in [0.2, 0.25) is 0 Å². The van der Waals surface area contributed by atoms with E-state index >= 15 is 0 Å². The molecule has 0 saturated heterocycles. The highest BCUT2D eigenvalue weighted by Gasteiger charge is 2.24. The molecule has 0 bridgehead atoms. The summed E-state index contributed by atoms with van der Waals surface area (Å²) >= 11 is 2.95. The minimum Gasteiger partial charge on any atom is -0.388 e. The van der Waals surface area contributed by atoms with Gasteiger partial charge in [-0.25, -0.2) is 8.78 Å². The van der Waals surface area contributed by atoms with Crippen LogP contribution in [0.5, 0.6) is 0 Å². The first-order chi connectivity index (χ1) is 7.11. The first-order valence-corrected chi connectivity index (χ1v) is 5.75. The summed E-state index contributed by atoms with van der Waals surface area (Å²) in [6.07, 6.45) is 1.71. The Bertz CT molecular complexity index is 393. The summed E-state index contributed by atoms with van der Waals surface area (Å²) in [5, 5.41) is 9.74. The lowest BCUT2D eigenvalue weighted by Gasteiger charge is -2.14. The van der Waals surface area contributed by atoms with Crippen LogP contribution in [0.15, 0.2) is 10.5 Å². The molecule has 1 aliphatic carbocycles. The summed E-state index contributed by atoms with van der Waals surface area (Å²) in [7, 11) is 0. The molecular formula is C11H11BrF2O. The quantitative estimate of drug-likeness (QED) is 0.568. The molecule has 0 radical (unpaired) electrons. The first-order valence-electron chi connectivity index (χ1n) is 4.95. The molecule has 0 heterocycles. The van der Waals surface area contributed by atoms with Crippen molar-refractivity contribution in [1.82, 2.24) is 0 Å². The second-order valence-corrected chi connectivity index (χ2v) is 4.66. The molecule has 1 aliphatic rings. The molecule has 0 aliphatic heterocycles. The molecule has 15 heavy (non-hydrogen) atoms. The number of benzene rings is 1. The molecule has 0 spiro atoms. The smallest absolute Gasteiger partial charge is 0.143 e. The summed E-state index contributed by atoms with van der Waals surface area (Å²) in [6.45, 7) is 0. The SMILES string of the molecule is O[C@@H]1CCCCc2c(F)cc(Br)c(F)c21. The Morgan fingerprint density at radius 1 is 1.33 bits per heavy atom. The topological polar surface area (TPSA) is 20.2 Å². The van der Waals surface area contributed by atoms with E-state index in [-0.39, 0.29) is 10.0 Å². The molecule has 0 saturated carbocycles. The van der Waals surface area contributed by atoms with E-state index in [0.717, 1.165) is 18.9 Å². The van der Waals surface area contributed by atoms with Gasteiger partial charge in [0.05, 0.1) is 10.6 Å². The van der Waals surface area contributed by atoms with Crippen LogP contribution in [0, 0.1) is 11.6 Å². The van der Waals surface area contributed by atoms with Crippen LogP contribution in [0.1, 0.15) is 36.5 Å². The fourth-order valence-electron chi connectivity index (χ4n) is 2.04. The Kier molecular flexibility index (Phi) is 3.07. The van der Waals surface area contributed by atoms with Gasteiger partial charge in [-0.15, -0.1) is 0 Å². The van der Waals surface area contributed by atoms with Gasteiger partial charge < -0.3 is 5.11 Å². The fraction of sp³-hybridized carbons (Fsp3) is 0.455. The van der Waals surface area contributed by atoms with Crippen LogP contribution >= 0.6 is 15.9 Å². The highest BCUT2D eigenvalue weighted by molar-refractivity contribution is 9.10. The average molecular weight is 277 g/mol. The van der Waals surface area contributed by atoms with E-state index in [9.17, 15) is 13.9 Å². The normalized spacial score (nSPS) is 20.9. The van der Waals surface area contributed by atoms with Gasteiger partial charge in [0.2, 0.25) is 0 Å².